The molecule has 1 aromatic rings. The molecule has 0 aliphatic carbocycles. The zero-order valence-corrected chi connectivity index (χ0v) is 11.9. The largest absolute Gasteiger partial charge is 0.398 e. The van der Waals surface area contributed by atoms with E-state index < -0.39 is 0 Å². The van der Waals surface area contributed by atoms with Gasteiger partial charge in [-0.15, -0.1) is 0 Å². The van der Waals surface area contributed by atoms with Crippen molar-refractivity contribution in [3.05, 3.63) is 23.5 Å². The molecule has 0 saturated carbocycles. The number of nitrogens with two attached hydrogens (primary N) is 1. The average Bonchev–Trinajstić information content (AvgIpc) is 2.66. The highest BCUT2D eigenvalue weighted by Gasteiger charge is 2.19. The van der Waals surface area contributed by atoms with Crippen LogP contribution in [0.1, 0.15) is 22.5 Å². The van der Waals surface area contributed by atoms with E-state index >= 15 is 0 Å². The minimum absolute atomic E-state index is 0.148. The second-order valence-corrected chi connectivity index (χ2v) is 5.02. The standard InChI is InChI=1S/C12H15BrN4O2/c13-11(15)8-7-16-10(6-9(8)14)12(18)17-2-1-4-19-5-3-17/h6-7,15H,1-5H2,(H2,14,16). The summed E-state index contributed by atoms with van der Waals surface area (Å²) < 4.78 is 5.46. The lowest BCUT2D eigenvalue weighted by atomic mass is 10.2. The SMILES string of the molecule is N=C(Br)c1cnc(C(=O)N2CCCOCC2)cc1N. The lowest BCUT2D eigenvalue weighted by Gasteiger charge is -2.19. The summed E-state index contributed by atoms with van der Waals surface area (Å²) in [6.07, 6.45) is 2.26. The number of amides is 1. The van der Waals surface area contributed by atoms with Gasteiger partial charge in [-0.05, 0) is 28.4 Å². The molecule has 1 amide bonds. The molecule has 1 aliphatic heterocycles. The van der Waals surface area contributed by atoms with Crippen molar-refractivity contribution in [1.29, 1.82) is 5.41 Å². The van der Waals surface area contributed by atoms with E-state index in [1.807, 2.05) is 0 Å². The Morgan fingerprint density at radius 2 is 2.26 bits per heavy atom. The quantitative estimate of drug-likeness (QED) is 0.800. The normalized spacial score (nSPS) is 15.9. The van der Waals surface area contributed by atoms with E-state index in [0.717, 1.165) is 6.42 Å². The van der Waals surface area contributed by atoms with Gasteiger partial charge in [-0.3, -0.25) is 15.2 Å². The van der Waals surface area contributed by atoms with Gasteiger partial charge in [0, 0.05) is 37.1 Å². The maximum Gasteiger partial charge on any atom is 0.272 e. The van der Waals surface area contributed by atoms with Gasteiger partial charge in [0.05, 0.1) is 6.61 Å². The predicted molar refractivity (Wildman–Crippen MR) is 75.7 cm³/mol. The van der Waals surface area contributed by atoms with Crippen LogP contribution < -0.4 is 5.73 Å². The van der Waals surface area contributed by atoms with Crippen molar-refractivity contribution >= 4 is 32.1 Å². The van der Waals surface area contributed by atoms with Crippen LogP contribution in [0.4, 0.5) is 5.69 Å². The maximum absolute atomic E-state index is 12.3. The first-order chi connectivity index (χ1) is 9.09. The van der Waals surface area contributed by atoms with E-state index in [0.29, 0.717) is 43.2 Å². The number of carbonyl (C=O) groups is 1. The molecule has 6 nitrogen and oxygen atoms in total. The van der Waals surface area contributed by atoms with Crippen LogP contribution in [0.25, 0.3) is 0 Å². The molecule has 0 atom stereocenters. The summed E-state index contributed by atoms with van der Waals surface area (Å²) in [6.45, 7) is 2.46. The molecule has 1 fully saturated rings. The number of nitrogens with one attached hydrogen (secondary N) is 1. The number of nitrogens with zero attached hydrogens (tertiary/aromatic N) is 2. The molecule has 102 valence electrons. The number of hydrogen-bond donors (Lipinski definition) is 2. The van der Waals surface area contributed by atoms with E-state index in [2.05, 4.69) is 20.9 Å². The molecule has 2 rings (SSSR count). The molecule has 0 spiro atoms. The van der Waals surface area contributed by atoms with E-state index in [1.165, 1.54) is 12.3 Å². The summed E-state index contributed by atoms with van der Waals surface area (Å²) in [4.78, 5) is 18.1. The first kappa shape index (κ1) is 14.0. The van der Waals surface area contributed by atoms with Gasteiger partial charge < -0.3 is 15.4 Å². The minimum atomic E-state index is -0.148. The molecule has 19 heavy (non-hydrogen) atoms. The number of anilines is 1. The van der Waals surface area contributed by atoms with Crippen LogP contribution in [0.2, 0.25) is 0 Å². The molecule has 3 N–H and O–H groups in total. The smallest absolute Gasteiger partial charge is 0.272 e. The van der Waals surface area contributed by atoms with E-state index in [1.54, 1.807) is 4.90 Å². The van der Waals surface area contributed by atoms with Gasteiger partial charge in [0.15, 0.2) is 0 Å². The molecule has 1 saturated heterocycles. The Morgan fingerprint density at radius 3 is 2.95 bits per heavy atom. The van der Waals surface area contributed by atoms with Crippen molar-refractivity contribution in [2.45, 2.75) is 6.42 Å². The number of pyridine rings is 1. The second kappa shape index (κ2) is 6.12. The first-order valence-corrected chi connectivity index (χ1v) is 6.76. The molecule has 7 heteroatoms. The van der Waals surface area contributed by atoms with Gasteiger partial charge >= 0.3 is 0 Å². The number of ether oxygens (including phenoxy) is 1. The fourth-order valence-corrected chi connectivity index (χ4v) is 2.21. The molecule has 1 aliphatic rings. The summed E-state index contributed by atoms with van der Waals surface area (Å²) in [6, 6.07) is 1.51. The Morgan fingerprint density at radius 1 is 1.47 bits per heavy atom. The molecule has 1 aromatic heterocycles. The maximum atomic E-state index is 12.3. The summed E-state index contributed by atoms with van der Waals surface area (Å²) in [5.74, 6) is -0.148. The molecule has 0 bridgehead atoms. The minimum Gasteiger partial charge on any atom is -0.398 e. The second-order valence-electron chi connectivity index (χ2n) is 4.23. The molecule has 2 heterocycles. The van der Waals surface area contributed by atoms with E-state index in [4.69, 9.17) is 15.9 Å². The zero-order valence-electron chi connectivity index (χ0n) is 10.4. The van der Waals surface area contributed by atoms with Gasteiger partial charge in [-0.1, -0.05) is 0 Å². The fourth-order valence-electron chi connectivity index (χ4n) is 1.88. The molecule has 0 unspecified atom stereocenters. The van der Waals surface area contributed by atoms with Crippen LogP contribution in [0.5, 0.6) is 0 Å². The Hall–Kier alpha value is -1.47. The van der Waals surface area contributed by atoms with Gasteiger partial charge in [-0.2, -0.15) is 0 Å². The van der Waals surface area contributed by atoms with Crippen molar-refractivity contribution in [2.24, 2.45) is 0 Å². The van der Waals surface area contributed by atoms with Crippen molar-refractivity contribution < 1.29 is 9.53 Å². The number of aromatic nitrogens is 1. The first-order valence-electron chi connectivity index (χ1n) is 5.96. The summed E-state index contributed by atoms with van der Waals surface area (Å²) in [5.41, 5.74) is 6.97. The number of halogens is 1. The van der Waals surface area contributed by atoms with Crippen molar-refractivity contribution in [1.82, 2.24) is 9.88 Å². The Balaban J connectivity index is 2.19. The summed E-state index contributed by atoms with van der Waals surface area (Å²) >= 11 is 3.03. The van der Waals surface area contributed by atoms with Crippen molar-refractivity contribution in [3.8, 4) is 0 Å². The van der Waals surface area contributed by atoms with Crippen LogP contribution >= 0.6 is 15.9 Å². The third-order valence-electron chi connectivity index (χ3n) is 2.90. The highest BCUT2D eigenvalue weighted by atomic mass is 79.9. The third kappa shape index (κ3) is 3.30. The molecular weight excluding hydrogens is 312 g/mol. The van der Waals surface area contributed by atoms with Crippen molar-refractivity contribution in [2.75, 3.05) is 32.0 Å². The lowest BCUT2D eigenvalue weighted by molar-refractivity contribution is 0.0735. The Bertz CT molecular complexity index is 499. The molecule has 0 aromatic carbocycles. The number of rotatable bonds is 2. The predicted octanol–water partition coefficient (Wildman–Crippen LogP) is 1.25. The topological polar surface area (TPSA) is 92.3 Å². The third-order valence-corrected chi connectivity index (χ3v) is 3.33. The van der Waals surface area contributed by atoms with E-state index in [9.17, 15) is 4.79 Å². The molecular formula is C12H15BrN4O2. The zero-order chi connectivity index (χ0) is 13.8. The van der Waals surface area contributed by atoms with E-state index in [-0.39, 0.29) is 10.5 Å². The van der Waals surface area contributed by atoms with Gasteiger partial charge in [0.2, 0.25) is 0 Å². The van der Waals surface area contributed by atoms with Crippen molar-refractivity contribution in [3.63, 3.8) is 0 Å². The fraction of sp³-hybridized carbons (Fsp3) is 0.417. The number of hydrogen-bond acceptors (Lipinski definition) is 5. The highest BCUT2D eigenvalue weighted by Crippen LogP contribution is 2.16. The number of carbonyl (C=O) groups excluding carboxylic acids is 1. The van der Waals surface area contributed by atoms with Gasteiger partial charge in [0.1, 0.15) is 10.3 Å². The monoisotopic (exact) mass is 326 g/mol. The lowest BCUT2D eigenvalue weighted by Crippen LogP contribution is -2.33. The van der Waals surface area contributed by atoms with Gasteiger partial charge in [-0.25, -0.2) is 0 Å². The summed E-state index contributed by atoms with van der Waals surface area (Å²) in [5, 5.41) is 7.46. The van der Waals surface area contributed by atoms with Crippen LogP contribution in [-0.4, -0.2) is 46.7 Å². The highest BCUT2D eigenvalue weighted by molar-refractivity contribution is 9.18. The van der Waals surface area contributed by atoms with Crippen LogP contribution in [0.15, 0.2) is 12.3 Å². The van der Waals surface area contributed by atoms with Gasteiger partial charge in [0.25, 0.3) is 5.91 Å². The molecule has 0 radical (unpaired) electrons. The van der Waals surface area contributed by atoms with Crippen LogP contribution in [0.3, 0.4) is 0 Å². The van der Waals surface area contributed by atoms with Crippen LogP contribution in [-0.2, 0) is 4.74 Å². The Labute approximate surface area is 119 Å². The summed E-state index contributed by atoms with van der Waals surface area (Å²) in [7, 11) is 0. The Kier molecular flexibility index (Phi) is 4.49. The van der Waals surface area contributed by atoms with Crippen LogP contribution in [0, 0.1) is 5.41 Å². The number of nitrogen functional groups attached to an aromatic ring is 1. The average molecular weight is 327 g/mol.